The number of hydrogen-bond acceptors (Lipinski definition) is 30. The first-order valence-corrected chi connectivity index (χ1v) is 30.6. The summed E-state index contributed by atoms with van der Waals surface area (Å²) in [6.45, 7) is 14.1. The van der Waals surface area contributed by atoms with Crippen LogP contribution in [0, 0.1) is 30.3 Å². The summed E-state index contributed by atoms with van der Waals surface area (Å²) in [7, 11) is -2.29. The van der Waals surface area contributed by atoms with Crippen molar-refractivity contribution in [2.45, 2.75) is 38.8 Å². The van der Waals surface area contributed by atoms with E-state index in [-0.39, 0.29) is 44.2 Å². The topological polar surface area (TPSA) is 513 Å². The van der Waals surface area contributed by atoms with E-state index in [1.54, 1.807) is 36.3 Å². The van der Waals surface area contributed by atoms with Gasteiger partial charge in [0.15, 0.2) is 5.52 Å². The van der Waals surface area contributed by atoms with Crippen LogP contribution in [0.5, 0.6) is 0 Å². The summed E-state index contributed by atoms with van der Waals surface area (Å²) in [5.41, 5.74) is 24.7. The Labute approximate surface area is 516 Å². The fourth-order valence-electron chi connectivity index (χ4n) is 7.17. The molecule has 41 heteroatoms. The predicted octanol–water partition coefficient (Wildman–Crippen LogP) is 6.55. The monoisotopic (exact) mass is 1310 g/mol. The maximum Gasteiger partial charge on any atom is 0.300 e. The van der Waals surface area contributed by atoms with E-state index >= 15 is 0 Å². The molecule has 0 amide bonds. The molecule has 4 heterocycles. The fraction of sp³-hybridized carbons (Fsp3) is 0.592. The van der Waals surface area contributed by atoms with Crippen LogP contribution in [-0.4, -0.2) is 213 Å². The Kier molecular flexibility index (Phi) is 36.7. The van der Waals surface area contributed by atoms with Crippen LogP contribution >= 0.6 is 18.9 Å². The van der Waals surface area contributed by atoms with Gasteiger partial charge in [-0.3, -0.25) is 35.4 Å². The highest BCUT2D eigenvalue weighted by Gasteiger charge is 2.21. The van der Waals surface area contributed by atoms with Crippen molar-refractivity contribution in [1.29, 1.82) is 0 Å². The van der Waals surface area contributed by atoms with Gasteiger partial charge < -0.3 is 52.9 Å². The van der Waals surface area contributed by atoms with Gasteiger partial charge in [-0.25, -0.2) is 18.6 Å². The van der Waals surface area contributed by atoms with Gasteiger partial charge in [-0.15, -0.1) is 5.10 Å². The molecule has 0 aliphatic carbocycles. The Hall–Kier alpha value is -8.10. The predicted molar refractivity (Wildman–Crippen MR) is 318 cm³/mol. The van der Waals surface area contributed by atoms with Crippen LogP contribution in [0.1, 0.15) is 29.7 Å². The average molecular weight is 1310 g/mol. The number of fused-ring (bicyclic) bond motifs is 3. The number of aromatic nitrogens is 9. The van der Waals surface area contributed by atoms with Gasteiger partial charge in [0.25, 0.3) is 0 Å². The third-order valence-corrected chi connectivity index (χ3v) is 12.6. The molecular formula is C49H70ClN20O19P. The van der Waals surface area contributed by atoms with Crippen LogP contribution in [-0.2, 0) is 73.1 Å². The van der Waals surface area contributed by atoms with E-state index in [0.29, 0.717) is 176 Å². The highest BCUT2D eigenvalue weighted by atomic mass is 35.5. The normalized spacial score (nSPS) is 11.1. The molecule has 0 atom stereocenters. The Morgan fingerprint density at radius 3 is 1.33 bits per heavy atom. The van der Waals surface area contributed by atoms with Crippen LogP contribution in [0.15, 0.2) is 66.7 Å². The van der Waals surface area contributed by atoms with Gasteiger partial charge >= 0.3 is 17.1 Å². The number of nitrogens with two attached hydrogens (primary N) is 1. The molecule has 39 nitrogen and oxygen atoms in total. The second-order valence-corrected chi connectivity index (χ2v) is 21.7. The lowest BCUT2D eigenvalue weighted by molar-refractivity contribution is -0.383. The van der Waals surface area contributed by atoms with Crippen LogP contribution in [0.2, 0.25) is 5.02 Å². The minimum Gasteiger partial charge on any atom is -0.379 e. The van der Waals surface area contributed by atoms with Crippen molar-refractivity contribution in [3.63, 3.8) is 0 Å². The summed E-state index contributed by atoms with van der Waals surface area (Å²) in [6.07, 6.45) is 4.52. The zero-order valence-corrected chi connectivity index (χ0v) is 51.0. The maximum atomic E-state index is 11.7. The van der Waals surface area contributed by atoms with E-state index in [1.165, 1.54) is 24.3 Å². The number of aryl methyl sites for hydroxylation is 2. The Balaban J connectivity index is 0.000000276. The summed E-state index contributed by atoms with van der Waals surface area (Å²) in [4.78, 5) is 36.1. The van der Waals surface area contributed by atoms with Crippen molar-refractivity contribution in [2.75, 3.05) is 152 Å². The third kappa shape index (κ3) is 29.5. The summed E-state index contributed by atoms with van der Waals surface area (Å²) in [5.74, 6) is 0. The van der Waals surface area contributed by atoms with Crippen molar-refractivity contribution >= 4 is 69.1 Å². The standard InChI is InChI=1S/C20H30N7O7P.C15H20N6O6.C8H18N4O3.C6H2ClN3O3/c1-35(2,30)21-14-17-15-26(25-22-17)7-9-32-11-13-33-12-10-31-8-3-4-16-5-6-18(27(28)29)20-19(16)23-34-24-20;16-20-17-5-7-25-9-11-26-10-8-24-6-1-2-12-3-4-13(21(22)23)15-14(12)18-27-19-15;9-1-3-13-5-7-15-8-6-14-4-2-11-12-10;7-3-1-2-4(10(11)12)6-5(3)8-13-9-6/h5-6,15H,3-4,7-14H2,1-2H3,(H,21,30);3-4H,1-2,5-11H2;1-9H2;1-2H. The van der Waals surface area contributed by atoms with Crippen molar-refractivity contribution in [2.24, 2.45) is 16.0 Å². The summed E-state index contributed by atoms with van der Waals surface area (Å²) >= 11 is 5.69. The molecule has 0 fully saturated rings. The Morgan fingerprint density at radius 2 is 0.922 bits per heavy atom. The van der Waals surface area contributed by atoms with E-state index in [4.69, 9.17) is 71.0 Å². The first-order chi connectivity index (χ1) is 43.7. The third-order valence-electron chi connectivity index (χ3n) is 11.3. The first kappa shape index (κ1) is 74.4. The van der Waals surface area contributed by atoms with E-state index in [9.17, 15) is 34.9 Å². The molecule has 0 unspecified atom stereocenters. The second kappa shape index (κ2) is 44.4. The number of benzene rings is 3. The van der Waals surface area contributed by atoms with Crippen LogP contribution in [0.3, 0.4) is 0 Å². The van der Waals surface area contributed by atoms with Crippen molar-refractivity contribution < 1.29 is 75.9 Å². The highest BCUT2D eigenvalue weighted by molar-refractivity contribution is 7.60. The molecule has 0 saturated heterocycles. The maximum absolute atomic E-state index is 11.7. The van der Waals surface area contributed by atoms with Gasteiger partial charge in [0.05, 0.1) is 138 Å². The molecule has 0 spiro atoms. The summed E-state index contributed by atoms with van der Waals surface area (Å²) in [5, 5.41) is 72.0. The van der Waals surface area contributed by atoms with E-state index < -0.39 is 22.1 Å². The molecule has 0 radical (unpaired) electrons. The lowest BCUT2D eigenvalue weighted by atomic mass is 10.1. The van der Waals surface area contributed by atoms with Crippen molar-refractivity contribution in [3.8, 4) is 0 Å². The number of non-ortho nitro benzene ring substituents is 3. The molecule has 0 aliphatic rings. The number of ether oxygens (including phenoxy) is 9. The number of nitro benzene ring substituents is 3. The van der Waals surface area contributed by atoms with Gasteiger partial charge in [0, 0.05) is 86.9 Å². The SMILES string of the molecule is CP(C)(=O)NCc1cn(CCOCCOCCOCCCc2ccc([N+](=O)[O-])c3nonc23)nn1.O=[N+]([O-])c1ccc(Cl)c2nonc12.[N-]=[N+]=NCCOCCOCCOCCCc1ccc([N+](=O)[O-])c2nonc12.[N-]=[N+]=NCCOCCOCCOCCN. The minimum absolute atomic E-state index is 0.0671. The zero-order valence-electron chi connectivity index (χ0n) is 49.3. The van der Waals surface area contributed by atoms with Gasteiger partial charge in [-0.1, -0.05) is 27.0 Å². The van der Waals surface area contributed by atoms with Crippen LogP contribution in [0.4, 0.5) is 17.1 Å². The van der Waals surface area contributed by atoms with Crippen molar-refractivity contribution in [3.05, 3.63) is 116 Å². The Bertz CT molecular complexity index is 3360. The molecule has 7 aromatic rings. The molecule has 3 N–H and O–H groups in total. The molecule has 90 heavy (non-hydrogen) atoms. The van der Waals surface area contributed by atoms with Crippen LogP contribution in [0.25, 0.3) is 54.0 Å². The Morgan fingerprint density at radius 1 is 0.556 bits per heavy atom. The number of nitro groups is 3. The second-order valence-electron chi connectivity index (χ2n) is 18.3. The summed E-state index contributed by atoms with van der Waals surface area (Å²) < 4.78 is 75.0. The number of rotatable bonds is 43. The molecule has 7 rings (SSSR count). The van der Waals surface area contributed by atoms with Crippen LogP contribution < -0.4 is 10.8 Å². The molecule has 4 aromatic heterocycles. The smallest absolute Gasteiger partial charge is 0.300 e. The lowest BCUT2D eigenvalue weighted by Crippen LogP contribution is -2.13. The number of azide groups is 2. The van der Waals surface area contributed by atoms with Crippen molar-refractivity contribution in [1.82, 2.24) is 51.0 Å². The fourth-order valence-corrected chi connectivity index (χ4v) is 7.90. The first-order valence-electron chi connectivity index (χ1n) is 27.6. The van der Waals surface area contributed by atoms with Gasteiger partial charge in [-0.2, -0.15) is 0 Å². The number of halogens is 1. The quantitative estimate of drug-likeness (QED) is 0.00778. The number of nitrogens with one attached hydrogen (secondary N) is 1. The van der Waals surface area contributed by atoms with E-state index in [2.05, 4.69) is 80.3 Å². The minimum atomic E-state index is -2.29. The largest absolute Gasteiger partial charge is 0.379 e. The molecule has 0 saturated carbocycles. The molecule has 0 bridgehead atoms. The molecule has 3 aromatic carbocycles. The summed E-state index contributed by atoms with van der Waals surface area (Å²) in [6, 6.07) is 8.80. The van der Waals surface area contributed by atoms with E-state index in [1.807, 2.05) is 0 Å². The average Bonchev–Trinajstić information content (AvgIpc) is 1.81. The zero-order chi connectivity index (χ0) is 65.0. The lowest BCUT2D eigenvalue weighted by Gasteiger charge is -2.07. The molecule has 492 valence electrons. The van der Waals surface area contributed by atoms with Gasteiger partial charge in [0.2, 0.25) is 16.6 Å². The number of hydrogen-bond donors (Lipinski definition) is 2. The van der Waals surface area contributed by atoms with Gasteiger partial charge in [-0.05, 0) is 97.0 Å². The highest BCUT2D eigenvalue weighted by Crippen LogP contribution is 2.31. The molecule has 0 aliphatic heterocycles. The van der Waals surface area contributed by atoms with Gasteiger partial charge in [0.1, 0.15) is 18.3 Å². The number of nitrogens with zero attached hydrogens (tertiary/aromatic N) is 18. The molecular weight excluding hydrogens is 1240 g/mol. The van der Waals surface area contributed by atoms with E-state index in [0.717, 1.165) is 29.7 Å².